The van der Waals surface area contributed by atoms with Gasteiger partial charge in [0.15, 0.2) is 11.5 Å². The highest BCUT2D eigenvalue weighted by atomic mass is 35.5. The van der Waals surface area contributed by atoms with E-state index in [1.54, 1.807) is 0 Å². The number of nitrogens with zero attached hydrogens (tertiary/aromatic N) is 1. The summed E-state index contributed by atoms with van der Waals surface area (Å²) in [5.74, 6) is 0.907. The smallest absolute Gasteiger partial charge is 0.288 e. The number of hydrogen-bond donors (Lipinski definition) is 1. The molecule has 8 heteroatoms. The van der Waals surface area contributed by atoms with Gasteiger partial charge in [-0.15, -0.1) is 0 Å². The number of benzene rings is 2. The van der Waals surface area contributed by atoms with Crippen molar-refractivity contribution in [3.63, 3.8) is 0 Å². The molecule has 136 valence electrons. The van der Waals surface area contributed by atoms with Crippen LogP contribution in [0.2, 0.25) is 5.02 Å². The number of fused-ring (bicyclic) bond motifs is 1. The average Bonchev–Trinajstić information content (AvgIpc) is 2.65. The molecule has 0 radical (unpaired) electrons. The van der Waals surface area contributed by atoms with Crippen molar-refractivity contribution < 1.29 is 19.2 Å². The van der Waals surface area contributed by atoms with Crippen LogP contribution < -0.4 is 14.8 Å². The van der Waals surface area contributed by atoms with Gasteiger partial charge in [0.25, 0.3) is 11.6 Å². The third-order valence-electron chi connectivity index (χ3n) is 4.09. The van der Waals surface area contributed by atoms with Gasteiger partial charge in [0.2, 0.25) is 0 Å². The predicted octanol–water partition coefficient (Wildman–Crippen LogP) is 3.90. The van der Waals surface area contributed by atoms with Crippen LogP contribution in [0.25, 0.3) is 0 Å². The second kappa shape index (κ2) is 7.61. The van der Waals surface area contributed by atoms with E-state index in [1.807, 2.05) is 25.1 Å². The van der Waals surface area contributed by atoms with Gasteiger partial charge < -0.3 is 14.8 Å². The van der Waals surface area contributed by atoms with E-state index < -0.39 is 10.8 Å². The van der Waals surface area contributed by atoms with Crippen LogP contribution >= 0.6 is 11.6 Å². The Bertz CT molecular complexity index is 855. The zero-order chi connectivity index (χ0) is 18.7. The normalized spacial score (nSPS) is 13.8. The van der Waals surface area contributed by atoms with Crippen molar-refractivity contribution >= 4 is 23.2 Å². The lowest BCUT2D eigenvalue weighted by Crippen LogP contribution is -2.28. The van der Waals surface area contributed by atoms with E-state index in [2.05, 4.69) is 5.32 Å². The van der Waals surface area contributed by atoms with E-state index in [0.717, 1.165) is 5.56 Å². The molecule has 0 saturated heterocycles. The van der Waals surface area contributed by atoms with Gasteiger partial charge in [0, 0.05) is 11.6 Å². The van der Waals surface area contributed by atoms with E-state index in [9.17, 15) is 14.9 Å². The highest BCUT2D eigenvalue weighted by Crippen LogP contribution is 2.33. The monoisotopic (exact) mass is 376 g/mol. The Morgan fingerprint density at radius 3 is 2.65 bits per heavy atom. The van der Waals surface area contributed by atoms with Crippen LogP contribution in [0.15, 0.2) is 36.4 Å². The van der Waals surface area contributed by atoms with Crippen molar-refractivity contribution in [1.29, 1.82) is 0 Å². The first-order chi connectivity index (χ1) is 12.5. The fraction of sp³-hybridized carbons (Fsp3) is 0.278. The Morgan fingerprint density at radius 2 is 1.96 bits per heavy atom. The highest BCUT2D eigenvalue weighted by Gasteiger charge is 2.20. The third kappa shape index (κ3) is 3.72. The van der Waals surface area contributed by atoms with Gasteiger partial charge in [-0.25, -0.2) is 0 Å². The molecule has 26 heavy (non-hydrogen) atoms. The highest BCUT2D eigenvalue weighted by molar-refractivity contribution is 6.32. The van der Waals surface area contributed by atoms with Crippen LogP contribution in [0.3, 0.4) is 0 Å². The third-order valence-corrected chi connectivity index (χ3v) is 4.41. The molecule has 1 atom stereocenters. The molecule has 0 spiro atoms. The van der Waals surface area contributed by atoms with Crippen molar-refractivity contribution in [3.05, 3.63) is 62.7 Å². The number of nitro groups is 1. The molecule has 0 aromatic heterocycles. The summed E-state index contributed by atoms with van der Waals surface area (Å²) in [7, 11) is 0. The molecule has 1 N–H and O–H groups in total. The molecule has 1 aliphatic rings. The lowest BCUT2D eigenvalue weighted by atomic mass is 10.0. The standard InChI is InChI=1S/C18H17ClN2O5/c1-2-14(11-4-6-16-17(10-11)26-8-7-25-16)20-18(22)12-3-5-13(19)15(9-12)21(23)24/h3-6,9-10,14H,2,7-8H2,1H3,(H,20,22). The molecular weight excluding hydrogens is 360 g/mol. The Hall–Kier alpha value is -2.80. The fourth-order valence-electron chi connectivity index (χ4n) is 2.73. The Morgan fingerprint density at radius 1 is 1.23 bits per heavy atom. The summed E-state index contributed by atoms with van der Waals surface area (Å²) in [5, 5.41) is 13.9. The summed E-state index contributed by atoms with van der Waals surface area (Å²) < 4.78 is 11.1. The summed E-state index contributed by atoms with van der Waals surface area (Å²) in [6, 6.07) is 9.23. The molecule has 7 nitrogen and oxygen atoms in total. The van der Waals surface area contributed by atoms with Crippen molar-refractivity contribution in [2.75, 3.05) is 13.2 Å². The summed E-state index contributed by atoms with van der Waals surface area (Å²) in [4.78, 5) is 22.9. The van der Waals surface area contributed by atoms with Crippen molar-refractivity contribution in [2.45, 2.75) is 19.4 Å². The molecule has 2 aromatic rings. The molecule has 1 heterocycles. The number of nitrogens with one attached hydrogen (secondary N) is 1. The number of amides is 1. The number of nitro benzene ring substituents is 1. The topological polar surface area (TPSA) is 90.7 Å². The maximum absolute atomic E-state index is 12.5. The number of carbonyl (C=O) groups is 1. The Balaban J connectivity index is 1.81. The van der Waals surface area contributed by atoms with Gasteiger partial charge in [-0.3, -0.25) is 14.9 Å². The number of rotatable bonds is 5. The van der Waals surface area contributed by atoms with Crippen LogP contribution in [0, 0.1) is 10.1 Å². The van der Waals surface area contributed by atoms with Crippen LogP contribution in [-0.4, -0.2) is 24.0 Å². The Kier molecular flexibility index (Phi) is 5.27. The number of ether oxygens (including phenoxy) is 2. The lowest BCUT2D eigenvalue weighted by molar-refractivity contribution is -0.384. The van der Waals surface area contributed by atoms with Crippen molar-refractivity contribution in [2.24, 2.45) is 0 Å². The molecule has 0 fully saturated rings. The second-order valence-corrected chi connectivity index (χ2v) is 6.17. The first-order valence-corrected chi connectivity index (χ1v) is 8.51. The van der Waals surface area contributed by atoms with Crippen LogP contribution in [0.4, 0.5) is 5.69 Å². The molecule has 0 saturated carbocycles. The largest absolute Gasteiger partial charge is 0.486 e. The molecule has 1 amide bonds. The summed E-state index contributed by atoms with van der Waals surface area (Å²) in [6.07, 6.45) is 0.640. The summed E-state index contributed by atoms with van der Waals surface area (Å²) in [6.45, 7) is 2.93. The minimum Gasteiger partial charge on any atom is -0.486 e. The molecular formula is C18H17ClN2O5. The molecule has 3 rings (SSSR count). The van der Waals surface area contributed by atoms with Gasteiger partial charge in [0.05, 0.1) is 11.0 Å². The maximum Gasteiger partial charge on any atom is 0.288 e. The van der Waals surface area contributed by atoms with E-state index in [4.69, 9.17) is 21.1 Å². The molecule has 1 unspecified atom stereocenters. The summed E-state index contributed by atoms with van der Waals surface area (Å²) >= 11 is 5.79. The minimum absolute atomic E-state index is 0.00886. The maximum atomic E-state index is 12.5. The van der Waals surface area contributed by atoms with Crippen LogP contribution in [0.5, 0.6) is 11.5 Å². The SMILES string of the molecule is CCC(NC(=O)c1ccc(Cl)c([N+](=O)[O-])c1)c1ccc2c(c1)OCCO2. The zero-order valence-electron chi connectivity index (χ0n) is 14.0. The van der Waals surface area contributed by atoms with Gasteiger partial charge in [-0.2, -0.15) is 0 Å². The van der Waals surface area contributed by atoms with E-state index in [0.29, 0.717) is 31.1 Å². The second-order valence-electron chi connectivity index (χ2n) is 5.76. The van der Waals surface area contributed by atoms with Crippen molar-refractivity contribution in [1.82, 2.24) is 5.32 Å². The quantitative estimate of drug-likeness (QED) is 0.631. The minimum atomic E-state index is -0.614. The number of hydrogen-bond acceptors (Lipinski definition) is 5. The molecule has 2 aromatic carbocycles. The lowest BCUT2D eigenvalue weighted by Gasteiger charge is -2.22. The van der Waals surface area contributed by atoms with E-state index >= 15 is 0 Å². The number of halogens is 1. The zero-order valence-corrected chi connectivity index (χ0v) is 14.8. The van der Waals surface area contributed by atoms with Gasteiger partial charge in [-0.1, -0.05) is 24.6 Å². The average molecular weight is 377 g/mol. The van der Waals surface area contributed by atoms with Crippen LogP contribution in [-0.2, 0) is 0 Å². The fourth-order valence-corrected chi connectivity index (χ4v) is 2.92. The van der Waals surface area contributed by atoms with Gasteiger partial charge >= 0.3 is 0 Å². The number of carbonyl (C=O) groups excluding carboxylic acids is 1. The van der Waals surface area contributed by atoms with Crippen molar-refractivity contribution in [3.8, 4) is 11.5 Å². The molecule has 0 aliphatic carbocycles. The van der Waals surface area contributed by atoms with E-state index in [-0.39, 0.29) is 22.3 Å². The first-order valence-electron chi connectivity index (χ1n) is 8.14. The Labute approximate surface area is 155 Å². The molecule has 1 aliphatic heterocycles. The van der Waals surface area contributed by atoms with E-state index in [1.165, 1.54) is 18.2 Å². The molecule has 0 bridgehead atoms. The predicted molar refractivity (Wildman–Crippen MR) is 96.0 cm³/mol. The summed E-state index contributed by atoms with van der Waals surface area (Å²) in [5.41, 5.74) is 0.748. The van der Waals surface area contributed by atoms with Crippen LogP contribution in [0.1, 0.15) is 35.3 Å². The first kappa shape index (κ1) is 18.0. The van der Waals surface area contributed by atoms with Gasteiger partial charge in [0.1, 0.15) is 18.2 Å². The van der Waals surface area contributed by atoms with Gasteiger partial charge in [-0.05, 0) is 36.2 Å².